The maximum atomic E-state index is 9.29. The Morgan fingerprint density at radius 2 is 1.94 bits per heavy atom. The topological polar surface area (TPSA) is 127 Å². The zero-order valence-corrected chi connectivity index (χ0v) is 20.4. The fourth-order valence-electron chi connectivity index (χ4n) is 5.70. The Kier molecular flexibility index (Phi) is 6.76. The Balaban J connectivity index is 1.60. The zero-order chi connectivity index (χ0) is 23.7. The molecular formula is C24H38N8O2. The van der Waals surface area contributed by atoms with Crippen molar-refractivity contribution in [3.63, 3.8) is 0 Å². The van der Waals surface area contributed by atoms with Crippen molar-refractivity contribution in [2.75, 3.05) is 30.4 Å². The molecule has 2 aromatic heterocycles. The van der Waals surface area contributed by atoms with Gasteiger partial charge in [0.2, 0.25) is 17.6 Å². The van der Waals surface area contributed by atoms with E-state index >= 15 is 0 Å². The second-order valence-corrected chi connectivity index (χ2v) is 10.3. The molecule has 3 aliphatic rings. The summed E-state index contributed by atoms with van der Waals surface area (Å²) in [5.41, 5.74) is 7.43. The van der Waals surface area contributed by atoms with Crippen molar-refractivity contribution >= 4 is 28.8 Å². The molecular weight excluding hydrogens is 432 g/mol. The van der Waals surface area contributed by atoms with E-state index in [4.69, 9.17) is 20.4 Å². The van der Waals surface area contributed by atoms with E-state index in [2.05, 4.69) is 31.8 Å². The van der Waals surface area contributed by atoms with Crippen LogP contribution in [0.3, 0.4) is 0 Å². The molecule has 10 nitrogen and oxygen atoms in total. The van der Waals surface area contributed by atoms with E-state index in [0.29, 0.717) is 17.5 Å². The van der Waals surface area contributed by atoms with Gasteiger partial charge in [-0.05, 0) is 50.9 Å². The molecule has 1 unspecified atom stereocenters. The molecule has 2 aliphatic carbocycles. The molecule has 5 rings (SSSR count). The minimum atomic E-state index is -0.106. The van der Waals surface area contributed by atoms with Gasteiger partial charge in [0, 0.05) is 32.8 Å². The van der Waals surface area contributed by atoms with Crippen molar-refractivity contribution < 1.29 is 9.94 Å². The van der Waals surface area contributed by atoms with Crippen molar-refractivity contribution in [3.8, 4) is 0 Å². The van der Waals surface area contributed by atoms with Crippen molar-refractivity contribution in [1.82, 2.24) is 19.5 Å². The summed E-state index contributed by atoms with van der Waals surface area (Å²) in [6.45, 7) is 4.83. The SMILES string of the molecule is COC1CCN(c2nc3nc(/C(N)=N/O)nc(N[C@H](C)C4CCC4)c3n2CC2CCCCC2)C1. The van der Waals surface area contributed by atoms with Gasteiger partial charge in [0.25, 0.3) is 0 Å². The summed E-state index contributed by atoms with van der Waals surface area (Å²) >= 11 is 0. The first kappa shape index (κ1) is 23.1. The van der Waals surface area contributed by atoms with Gasteiger partial charge in [-0.1, -0.05) is 30.8 Å². The number of fused-ring (bicyclic) bond motifs is 1. The van der Waals surface area contributed by atoms with Gasteiger partial charge >= 0.3 is 0 Å². The van der Waals surface area contributed by atoms with E-state index in [1.165, 1.54) is 51.4 Å². The predicted molar refractivity (Wildman–Crippen MR) is 132 cm³/mol. The smallest absolute Gasteiger partial charge is 0.208 e. The Morgan fingerprint density at radius 1 is 1.15 bits per heavy atom. The first-order valence-corrected chi connectivity index (χ1v) is 12.9. The second kappa shape index (κ2) is 9.93. The third kappa shape index (κ3) is 4.52. The molecule has 2 atom stereocenters. The molecule has 0 spiro atoms. The average Bonchev–Trinajstić information content (AvgIpc) is 3.43. The summed E-state index contributed by atoms with van der Waals surface area (Å²) in [7, 11) is 1.78. The summed E-state index contributed by atoms with van der Waals surface area (Å²) in [4.78, 5) is 16.7. The second-order valence-electron chi connectivity index (χ2n) is 10.3. The van der Waals surface area contributed by atoms with E-state index in [1.54, 1.807) is 7.11 Å². The highest BCUT2D eigenvalue weighted by atomic mass is 16.5. The lowest BCUT2D eigenvalue weighted by Gasteiger charge is -2.32. The lowest BCUT2D eigenvalue weighted by atomic mass is 9.80. The average molecular weight is 471 g/mol. The highest BCUT2D eigenvalue weighted by Gasteiger charge is 2.31. The normalized spacial score (nSPS) is 23.4. The van der Waals surface area contributed by atoms with Crippen LogP contribution in [0.1, 0.15) is 70.5 Å². The van der Waals surface area contributed by atoms with Gasteiger partial charge in [0.1, 0.15) is 5.52 Å². The van der Waals surface area contributed by atoms with Gasteiger partial charge in [-0.3, -0.25) is 0 Å². The number of anilines is 2. The number of methoxy groups -OCH3 is 1. The van der Waals surface area contributed by atoms with Crippen LogP contribution in [-0.2, 0) is 11.3 Å². The van der Waals surface area contributed by atoms with Gasteiger partial charge < -0.3 is 30.5 Å². The number of hydrogen-bond donors (Lipinski definition) is 3. The van der Waals surface area contributed by atoms with Gasteiger partial charge in [-0.15, -0.1) is 0 Å². The molecule has 34 heavy (non-hydrogen) atoms. The third-order valence-corrected chi connectivity index (χ3v) is 8.07. The number of nitrogens with two attached hydrogens (primary N) is 1. The number of rotatable bonds is 8. The zero-order valence-electron chi connectivity index (χ0n) is 20.4. The largest absolute Gasteiger partial charge is 0.409 e. The summed E-state index contributed by atoms with van der Waals surface area (Å²) in [5.74, 6) is 2.99. The number of imidazole rings is 1. The van der Waals surface area contributed by atoms with Crippen molar-refractivity contribution in [1.29, 1.82) is 0 Å². The number of nitrogens with zero attached hydrogens (tertiary/aromatic N) is 6. The molecule has 3 fully saturated rings. The maximum absolute atomic E-state index is 9.29. The first-order valence-electron chi connectivity index (χ1n) is 12.9. The molecule has 0 radical (unpaired) electrons. The minimum Gasteiger partial charge on any atom is -0.409 e. The molecule has 4 N–H and O–H groups in total. The van der Waals surface area contributed by atoms with E-state index in [-0.39, 0.29) is 23.8 Å². The molecule has 1 saturated heterocycles. The van der Waals surface area contributed by atoms with Crippen LogP contribution >= 0.6 is 0 Å². The molecule has 10 heteroatoms. The maximum Gasteiger partial charge on any atom is 0.208 e. The number of nitrogens with one attached hydrogen (secondary N) is 1. The lowest BCUT2D eigenvalue weighted by molar-refractivity contribution is 0.121. The van der Waals surface area contributed by atoms with Gasteiger partial charge in [-0.25, -0.2) is 9.97 Å². The van der Waals surface area contributed by atoms with Crippen LogP contribution in [0.25, 0.3) is 11.2 Å². The number of aromatic nitrogens is 4. The number of amidine groups is 1. The summed E-state index contributed by atoms with van der Waals surface area (Å²) in [6, 6.07) is 0.276. The molecule has 0 aromatic carbocycles. The third-order valence-electron chi connectivity index (χ3n) is 8.07. The predicted octanol–water partition coefficient (Wildman–Crippen LogP) is 3.33. The van der Waals surface area contributed by atoms with Crippen LogP contribution in [0.2, 0.25) is 0 Å². The first-order chi connectivity index (χ1) is 16.6. The molecule has 2 saturated carbocycles. The number of ether oxygens (including phenoxy) is 1. The van der Waals surface area contributed by atoms with Crippen molar-refractivity contribution in [2.45, 2.75) is 83.4 Å². The van der Waals surface area contributed by atoms with Crippen LogP contribution in [0.15, 0.2) is 5.16 Å². The Labute approximate surface area is 201 Å². The van der Waals surface area contributed by atoms with Crippen LogP contribution in [0.5, 0.6) is 0 Å². The standard InChI is InChI=1S/C24H38N8O2/c1-15(17-9-6-10-17)26-21-19-22(28-23(27-21)20(25)30-33)29-24(31-12-11-18(14-31)34-2)32(19)13-16-7-4-3-5-8-16/h15-18,33H,3-14H2,1-2H3,(H2,25,30)(H,26,27,28)/t15-,18?/m1/s1. The summed E-state index contributed by atoms with van der Waals surface area (Å²) < 4.78 is 7.96. The van der Waals surface area contributed by atoms with Crippen LogP contribution < -0.4 is 16.0 Å². The molecule has 0 bridgehead atoms. The Bertz CT molecular complexity index is 1030. The highest BCUT2D eigenvalue weighted by molar-refractivity contribution is 5.97. The molecule has 1 aliphatic heterocycles. The lowest BCUT2D eigenvalue weighted by Crippen LogP contribution is -2.32. The highest BCUT2D eigenvalue weighted by Crippen LogP contribution is 2.35. The number of hydrogen-bond acceptors (Lipinski definition) is 8. The quantitative estimate of drug-likeness (QED) is 0.232. The molecule has 2 aromatic rings. The molecule has 3 heterocycles. The van der Waals surface area contributed by atoms with Crippen LogP contribution in [0.4, 0.5) is 11.8 Å². The number of oxime groups is 1. The van der Waals surface area contributed by atoms with E-state index < -0.39 is 0 Å². The van der Waals surface area contributed by atoms with Gasteiger partial charge in [-0.2, -0.15) is 4.98 Å². The van der Waals surface area contributed by atoms with Crippen LogP contribution in [-0.4, -0.2) is 62.9 Å². The Morgan fingerprint density at radius 3 is 2.59 bits per heavy atom. The van der Waals surface area contributed by atoms with Gasteiger partial charge in [0.15, 0.2) is 11.5 Å². The van der Waals surface area contributed by atoms with Crippen LogP contribution in [0, 0.1) is 11.8 Å². The van der Waals surface area contributed by atoms with E-state index in [0.717, 1.165) is 43.3 Å². The van der Waals surface area contributed by atoms with E-state index in [9.17, 15) is 5.21 Å². The summed E-state index contributed by atoms with van der Waals surface area (Å²) in [5, 5.41) is 16.1. The van der Waals surface area contributed by atoms with Gasteiger partial charge in [0.05, 0.1) is 6.10 Å². The van der Waals surface area contributed by atoms with Crippen molar-refractivity contribution in [3.05, 3.63) is 5.82 Å². The molecule has 0 amide bonds. The monoisotopic (exact) mass is 470 g/mol. The van der Waals surface area contributed by atoms with E-state index in [1.807, 2.05) is 0 Å². The minimum absolute atomic E-state index is 0.106. The fourth-order valence-corrected chi connectivity index (χ4v) is 5.70. The van der Waals surface area contributed by atoms with Crippen molar-refractivity contribution in [2.24, 2.45) is 22.7 Å². The molecule has 186 valence electrons. The summed E-state index contributed by atoms with van der Waals surface area (Å²) in [6.07, 6.45) is 11.3. The fraction of sp³-hybridized carbons (Fsp3) is 0.750. The Hall–Kier alpha value is -2.62.